The molecular weight excluding hydrogens is 370 g/mol. The van der Waals surface area contributed by atoms with Crippen LogP contribution in [0.15, 0.2) is 58.9 Å². The number of anilines is 3. The zero-order chi connectivity index (χ0) is 18.7. The summed E-state index contributed by atoms with van der Waals surface area (Å²) in [6.07, 6.45) is 1.44. The molecule has 8 heteroatoms. The van der Waals surface area contributed by atoms with Crippen LogP contribution in [0.2, 0.25) is 0 Å². The normalized spacial score (nSPS) is 11.2. The fourth-order valence-electron chi connectivity index (χ4n) is 2.25. The molecule has 0 spiro atoms. The first-order valence-corrected chi connectivity index (χ1v) is 10.1. The Balaban J connectivity index is 1.73. The van der Waals surface area contributed by atoms with Crippen molar-refractivity contribution in [1.29, 1.82) is 0 Å². The summed E-state index contributed by atoms with van der Waals surface area (Å²) in [4.78, 5) is 16.6. The SMILES string of the molecule is CC(=O)c1cccc(Nc2ccc(NS(=O)(=O)c3ccc(C)s3)cn2)c1. The number of Topliss-reactive ketones (excluding diaryl/α,β-unsaturated/α-hetero) is 1. The summed E-state index contributed by atoms with van der Waals surface area (Å²) in [7, 11) is -3.61. The number of hydrogen-bond acceptors (Lipinski definition) is 6. The maximum absolute atomic E-state index is 12.3. The Kier molecular flexibility index (Phi) is 5.06. The van der Waals surface area contributed by atoms with Gasteiger partial charge in [-0.05, 0) is 50.2 Å². The van der Waals surface area contributed by atoms with E-state index in [1.807, 2.05) is 13.0 Å². The van der Waals surface area contributed by atoms with Crippen molar-refractivity contribution in [2.24, 2.45) is 0 Å². The molecule has 1 aromatic carbocycles. The monoisotopic (exact) mass is 387 g/mol. The van der Waals surface area contributed by atoms with Crippen molar-refractivity contribution in [3.8, 4) is 0 Å². The molecule has 3 rings (SSSR count). The standard InChI is InChI=1S/C18H17N3O3S2/c1-12-6-9-18(25-12)26(23,24)21-16-7-8-17(19-11-16)20-15-5-3-4-14(10-15)13(2)22/h3-11,21H,1-2H3,(H,19,20). The first kappa shape index (κ1) is 18.1. The summed E-state index contributed by atoms with van der Waals surface area (Å²) < 4.78 is 27.4. The van der Waals surface area contributed by atoms with E-state index in [-0.39, 0.29) is 9.99 Å². The van der Waals surface area contributed by atoms with Crippen LogP contribution < -0.4 is 10.0 Å². The van der Waals surface area contributed by atoms with Crippen LogP contribution in [0.25, 0.3) is 0 Å². The van der Waals surface area contributed by atoms with Crippen LogP contribution in [-0.2, 0) is 10.0 Å². The van der Waals surface area contributed by atoms with E-state index >= 15 is 0 Å². The van der Waals surface area contributed by atoms with Crippen molar-refractivity contribution in [2.75, 3.05) is 10.0 Å². The van der Waals surface area contributed by atoms with Crippen LogP contribution in [0.4, 0.5) is 17.2 Å². The highest BCUT2D eigenvalue weighted by Gasteiger charge is 2.16. The van der Waals surface area contributed by atoms with E-state index in [9.17, 15) is 13.2 Å². The molecule has 2 heterocycles. The van der Waals surface area contributed by atoms with Crippen molar-refractivity contribution in [3.05, 3.63) is 65.2 Å². The zero-order valence-electron chi connectivity index (χ0n) is 14.2. The van der Waals surface area contributed by atoms with Crippen LogP contribution in [-0.4, -0.2) is 19.2 Å². The molecule has 0 atom stereocenters. The molecule has 0 saturated heterocycles. The molecule has 0 aliphatic rings. The Morgan fingerprint density at radius 2 is 1.88 bits per heavy atom. The zero-order valence-corrected chi connectivity index (χ0v) is 15.8. The van der Waals surface area contributed by atoms with Gasteiger partial charge in [-0.1, -0.05) is 12.1 Å². The van der Waals surface area contributed by atoms with Crippen LogP contribution in [0.1, 0.15) is 22.2 Å². The van der Waals surface area contributed by atoms with Gasteiger partial charge < -0.3 is 5.32 Å². The lowest BCUT2D eigenvalue weighted by Gasteiger charge is -2.09. The minimum Gasteiger partial charge on any atom is -0.340 e. The number of ketones is 1. The summed E-state index contributed by atoms with van der Waals surface area (Å²) in [6, 6.07) is 13.7. The van der Waals surface area contributed by atoms with Crippen LogP contribution in [0, 0.1) is 6.92 Å². The fourth-order valence-corrected chi connectivity index (χ4v) is 4.58. The number of sulfonamides is 1. The molecule has 134 valence electrons. The Bertz CT molecular complexity index is 1040. The Labute approximate surface area is 156 Å². The first-order valence-electron chi connectivity index (χ1n) is 7.77. The van der Waals surface area contributed by atoms with E-state index < -0.39 is 10.0 Å². The van der Waals surface area contributed by atoms with E-state index in [0.717, 1.165) is 10.6 Å². The summed E-state index contributed by atoms with van der Waals surface area (Å²) in [5.41, 5.74) is 1.71. The predicted molar refractivity (Wildman–Crippen MR) is 104 cm³/mol. The number of hydrogen-bond donors (Lipinski definition) is 2. The lowest BCUT2D eigenvalue weighted by molar-refractivity contribution is 0.101. The van der Waals surface area contributed by atoms with Gasteiger partial charge in [0.2, 0.25) is 0 Å². The topological polar surface area (TPSA) is 88.2 Å². The number of benzene rings is 1. The van der Waals surface area contributed by atoms with E-state index in [1.165, 1.54) is 24.5 Å². The minimum atomic E-state index is -3.61. The molecule has 0 amide bonds. The smallest absolute Gasteiger partial charge is 0.271 e. The molecule has 0 aliphatic heterocycles. The third-order valence-corrected chi connectivity index (χ3v) is 6.41. The predicted octanol–water partition coefficient (Wildman–Crippen LogP) is 4.20. The van der Waals surface area contributed by atoms with Gasteiger partial charge in [0.1, 0.15) is 10.0 Å². The fraction of sp³-hybridized carbons (Fsp3) is 0.111. The van der Waals surface area contributed by atoms with Gasteiger partial charge in [0.25, 0.3) is 10.0 Å². The third-order valence-electron chi connectivity index (χ3n) is 3.54. The third kappa shape index (κ3) is 4.27. The summed E-state index contributed by atoms with van der Waals surface area (Å²) in [5, 5.41) is 3.09. The van der Waals surface area contributed by atoms with Crippen LogP contribution >= 0.6 is 11.3 Å². The number of thiophene rings is 1. The quantitative estimate of drug-likeness (QED) is 0.619. The second kappa shape index (κ2) is 7.27. The molecule has 2 N–H and O–H groups in total. The average molecular weight is 387 g/mol. The van der Waals surface area contributed by atoms with E-state index in [2.05, 4.69) is 15.0 Å². The second-order valence-corrected chi connectivity index (χ2v) is 8.86. The Hall–Kier alpha value is -2.71. The highest BCUT2D eigenvalue weighted by Crippen LogP contribution is 2.24. The summed E-state index contributed by atoms with van der Waals surface area (Å²) in [5.74, 6) is 0.524. The molecule has 6 nitrogen and oxygen atoms in total. The molecule has 0 aliphatic carbocycles. The van der Waals surface area contributed by atoms with Crippen molar-refractivity contribution in [2.45, 2.75) is 18.1 Å². The molecule has 0 bridgehead atoms. The number of aryl methyl sites for hydroxylation is 1. The highest BCUT2D eigenvalue weighted by molar-refractivity contribution is 7.94. The number of aromatic nitrogens is 1. The average Bonchev–Trinajstić information content (AvgIpc) is 3.04. The lowest BCUT2D eigenvalue weighted by Crippen LogP contribution is -2.11. The van der Waals surface area contributed by atoms with Gasteiger partial charge >= 0.3 is 0 Å². The minimum absolute atomic E-state index is 0.0184. The van der Waals surface area contributed by atoms with E-state index in [4.69, 9.17) is 0 Å². The van der Waals surface area contributed by atoms with Crippen LogP contribution in [0.3, 0.4) is 0 Å². The molecule has 3 aromatic rings. The van der Waals surface area contributed by atoms with Gasteiger partial charge in [-0.25, -0.2) is 13.4 Å². The van der Waals surface area contributed by atoms with Gasteiger partial charge in [-0.3, -0.25) is 9.52 Å². The van der Waals surface area contributed by atoms with Gasteiger partial charge in [0.05, 0.1) is 11.9 Å². The van der Waals surface area contributed by atoms with Gasteiger partial charge in [-0.2, -0.15) is 0 Å². The summed E-state index contributed by atoms with van der Waals surface area (Å²) in [6.45, 7) is 3.36. The number of carbonyl (C=O) groups is 1. The molecule has 26 heavy (non-hydrogen) atoms. The molecule has 0 saturated carbocycles. The second-order valence-electron chi connectivity index (χ2n) is 5.66. The number of carbonyl (C=O) groups excluding carboxylic acids is 1. The van der Waals surface area contributed by atoms with Gasteiger partial charge in [0.15, 0.2) is 5.78 Å². The Morgan fingerprint density at radius 1 is 1.08 bits per heavy atom. The number of nitrogens with one attached hydrogen (secondary N) is 2. The van der Waals surface area contributed by atoms with E-state index in [0.29, 0.717) is 17.1 Å². The van der Waals surface area contributed by atoms with Crippen molar-refractivity contribution in [3.63, 3.8) is 0 Å². The molecule has 0 unspecified atom stereocenters. The van der Waals surface area contributed by atoms with Crippen molar-refractivity contribution in [1.82, 2.24) is 4.98 Å². The van der Waals surface area contributed by atoms with Gasteiger partial charge in [0, 0.05) is 16.1 Å². The largest absolute Gasteiger partial charge is 0.340 e. The highest BCUT2D eigenvalue weighted by atomic mass is 32.2. The van der Waals surface area contributed by atoms with Crippen molar-refractivity contribution < 1.29 is 13.2 Å². The Morgan fingerprint density at radius 3 is 2.50 bits per heavy atom. The number of rotatable bonds is 6. The van der Waals surface area contributed by atoms with Crippen LogP contribution in [0.5, 0.6) is 0 Å². The number of pyridine rings is 1. The molecule has 0 radical (unpaired) electrons. The maximum atomic E-state index is 12.3. The van der Waals surface area contributed by atoms with Gasteiger partial charge in [-0.15, -0.1) is 11.3 Å². The van der Waals surface area contributed by atoms with E-state index in [1.54, 1.807) is 42.5 Å². The van der Waals surface area contributed by atoms with Crippen molar-refractivity contribution >= 4 is 44.3 Å². The lowest BCUT2D eigenvalue weighted by atomic mass is 10.1. The molecule has 2 aromatic heterocycles. The number of nitrogens with zero attached hydrogens (tertiary/aromatic N) is 1. The maximum Gasteiger partial charge on any atom is 0.271 e. The molecule has 0 fully saturated rings. The first-order chi connectivity index (χ1) is 12.3. The molecular formula is C18H17N3O3S2. The summed E-state index contributed by atoms with van der Waals surface area (Å²) >= 11 is 1.21.